The normalized spacial score (nSPS) is 21.6. The summed E-state index contributed by atoms with van der Waals surface area (Å²) in [5.41, 5.74) is -0.0137. The minimum absolute atomic E-state index is 0.0173. The molecule has 55 heavy (non-hydrogen) atoms. The molecule has 0 aromatic heterocycles. The van der Waals surface area contributed by atoms with E-state index in [9.17, 15) is 19.8 Å². The molecule has 0 bridgehead atoms. The number of rotatable bonds is 5. The Hall–Kier alpha value is -5.80. The van der Waals surface area contributed by atoms with Crippen LogP contribution in [0.5, 0.6) is 69.0 Å². The van der Waals surface area contributed by atoms with Crippen LogP contribution in [-0.2, 0) is 0 Å². The molecule has 0 atom stereocenters. The van der Waals surface area contributed by atoms with Crippen LogP contribution in [0.4, 0.5) is 0 Å². The van der Waals surface area contributed by atoms with E-state index in [-0.39, 0.29) is 85.3 Å². The average molecular weight is 765 g/mol. The highest BCUT2D eigenvalue weighted by Gasteiger charge is 2.56. The predicted octanol–water partition coefficient (Wildman–Crippen LogP) is 7.31. The highest BCUT2D eigenvalue weighted by molar-refractivity contribution is 6.00. The number of carbonyl (C=O) groups is 2. The largest absolute Gasteiger partial charge is 0.477 e. The van der Waals surface area contributed by atoms with Gasteiger partial charge < -0.3 is 67.1 Å². The molecule has 0 saturated carbocycles. The summed E-state index contributed by atoms with van der Waals surface area (Å²) in [7, 11) is 0. The van der Waals surface area contributed by atoms with Crippen LogP contribution in [0.15, 0.2) is 6.07 Å². The summed E-state index contributed by atoms with van der Waals surface area (Å²) in [5.74, 6) is -11.5. The molecule has 6 aliphatic heterocycles. The minimum atomic E-state index is -1.39. The summed E-state index contributed by atoms with van der Waals surface area (Å²) in [6.45, 7) is 19.9. The van der Waals surface area contributed by atoms with Crippen LogP contribution in [0.2, 0.25) is 0 Å². The summed E-state index contributed by atoms with van der Waals surface area (Å²) >= 11 is 0. The first kappa shape index (κ1) is 34.9. The Bertz CT molecular complexity index is 2070. The third-order valence-electron chi connectivity index (χ3n) is 9.39. The average Bonchev–Trinajstić information content (AvgIpc) is 3.80. The number of ether oxygens (including phenoxy) is 12. The molecule has 2 N–H and O–H groups in total. The lowest BCUT2D eigenvalue weighted by atomic mass is 9.80. The van der Waals surface area contributed by atoms with Crippen molar-refractivity contribution in [2.24, 2.45) is 0 Å². The van der Waals surface area contributed by atoms with Crippen molar-refractivity contribution in [2.45, 2.75) is 124 Å². The quantitative estimate of drug-likeness (QED) is 0.246. The molecule has 0 aliphatic carbocycles. The standard InChI is InChI=1S/C39H40O16/c1-34(2)44-14-13-15-23(47-35(3,4)45-15)17(22(14)46-34)16(18-24-28(52-36(5,6)48-24)20(32(40)41)29-25(18)49-37(7,8)53-29)19-26-30(54-38(9,10)50-26)21(33(42)43)31-27(19)51-39(11,12)55-31/h13,16H,1-12H3,(H,40,41)(H,42,43). The van der Waals surface area contributed by atoms with Gasteiger partial charge in [0.25, 0.3) is 0 Å². The molecule has 0 radical (unpaired) electrons. The fourth-order valence-electron chi connectivity index (χ4n) is 7.85. The summed E-state index contributed by atoms with van der Waals surface area (Å²) < 4.78 is 76.9. The summed E-state index contributed by atoms with van der Waals surface area (Å²) in [6, 6.07) is 1.66. The molecular formula is C39H40O16. The van der Waals surface area contributed by atoms with Crippen LogP contribution in [0, 0.1) is 0 Å². The lowest BCUT2D eigenvalue weighted by Gasteiger charge is -2.28. The fraction of sp³-hybridized carbons (Fsp3) is 0.487. The highest BCUT2D eigenvalue weighted by atomic mass is 16.8. The Morgan fingerprint density at radius 2 is 0.600 bits per heavy atom. The summed E-state index contributed by atoms with van der Waals surface area (Å²) in [5, 5.41) is 21.3. The van der Waals surface area contributed by atoms with Crippen molar-refractivity contribution in [1.82, 2.24) is 0 Å². The second-order valence-electron chi connectivity index (χ2n) is 16.8. The van der Waals surface area contributed by atoms with E-state index in [4.69, 9.17) is 56.8 Å². The van der Waals surface area contributed by atoms with Crippen molar-refractivity contribution in [1.29, 1.82) is 0 Å². The molecule has 0 spiro atoms. The summed E-state index contributed by atoms with van der Waals surface area (Å²) in [6.07, 6.45) is 0. The van der Waals surface area contributed by atoms with Crippen molar-refractivity contribution in [3.05, 3.63) is 33.9 Å². The number of carboxylic acid groups (broad SMARTS) is 2. The second-order valence-corrected chi connectivity index (χ2v) is 16.8. The number of hydrogen-bond acceptors (Lipinski definition) is 14. The van der Waals surface area contributed by atoms with Crippen molar-refractivity contribution in [3.63, 3.8) is 0 Å². The van der Waals surface area contributed by atoms with Gasteiger partial charge in [-0.3, -0.25) is 0 Å². The maximum atomic E-state index is 13.1. The maximum Gasteiger partial charge on any atom is 0.343 e. The molecule has 292 valence electrons. The predicted molar refractivity (Wildman–Crippen MR) is 186 cm³/mol. The van der Waals surface area contributed by atoms with Crippen LogP contribution < -0.4 is 56.8 Å². The van der Waals surface area contributed by atoms with Gasteiger partial charge in [-0.2, -0.15) is 0 Å². The second kappa shape index (κ2) is 10.1. The number of fused-ring (bicyclic) bond motifs is 6. The van der Waals surface area contributed by atoms with Gasteiger partial charge in [0, 0.05) is 89.2 Å². The Kier molecular flexibility index (Phi) is 6.40. The van der Waals surface area contributed by atoms with Crippen molar-refractivity contribution in [2.75, 3.05) is 0 Å². The van der Waals surface area contributed by atoms with E-state index >= 15 is 0 Å². The fourth-order valence-corrected chi connectivity index (χ4v) is 7.85. The van der Waals surface area contributed by atoms with E-state index in [0.29, 0.717) is 11.5 Å². The van der Waals surface area contributed by atoms with Crippen molar-refractivity contribution in [3.8, 4) is 69.0 Å². The topological polar surface area (TPSA) is 185 Å². The molecule has 0 fully saturated rings. The molecule has 6 aliphatic rings. The number of carboxylic acids is 2. The summed E-state index contributed by atoms with van der Waals surface area (Å²) in [4.78, 5) is 26.2. The Balaban J connectivity index is 1.50. The SMILES string of the molecule is CC1(C)Oc2cc3c(c(C(c4c5c(c(C(=O)O)c6c4OC(C)(C)O6)OC(C)(C)O5)c4c5c(c(C(=O)O)c6c4OC(C)(C)O6)OC(C)(C)O5)c2O1)OC(C)(C)O3. The molecule has 6 heterocycles. The zero-order valence-corrected chi connectivity index (χ0v) is 32.3. The maximum absolute atomic E-state index is 13.1. The first-order valence-electron chi connectivity index (χ1n) is 17.7. The number of hydrogen-bond donors (Lipinski definition) is 2. The Labute approximate surface area is 314 Å². The van der Waals surface area contributed by atoms with Crippen LogP contribution in [-0.4, -0.2) is 56.9 Å². The van der Waals surface area contributed by atoms with E-state index in [1.54, 1.807) is 89.2 Å². The van der Waals surface area contributed by atoms with Crippen LogP contribution in [0.3, 0.4) is 0 Å². The zero-order chi connectivity index (χ0) is 39.7. The number of benzene rings is 3. The molecule has 16 nitrogen and oxygen atoms in total. The minimum Gasteiger partial charge on any atom is -0.477 e. The van der Waals surface area contributed by atoms with Crippen LogP contribution in [0.1, 0.15) is 126 Å². The van der Waals surface area contributed by atoms with E-state index in [1.165, 1.54) is 0 Å². The van der Waals surface area contributed by atoms with Crippen molar-refractivity contribution < 1.29 is 76.6 Å². The van der Waals surface area contributed by atoms with Gasteiger partial charge in [0.05, 0.1) is 22.6 Å². The van der Waals surface area contributed by atoms with Crippen LogP contribution in [0.25, 0.3) is 0 Å². The third-order valence-corrected chi connectivity index (χ3v) is 9.39. The van der Waals surface area contributed by atoms with Gasteiger partial charge in [-0.1, -0.05) is 0 Å². The van der Waals surface area contributed by atoms with Gasteiger partial charge in [-0.15, -0.1) is 0 Å². The Morgan fingerprint density at radius 3 is 0.873 bits per heavy atom. The molecule has 0 amide bonds. The first-order chi connectivity index (χ1) is 25.3. The highest BCUT2D eigenvalue weighted by Crippen LogP contribution is 2.69. The molecule has 0 saturated heterocycles. The van der Waals surface area contributed by atoms with E-state index in [2.05, 4.69) is 0 Å². The molecule has 0 unspecified atom stereocenters. The number of aromatic carboxylic acids is 2. The van der Waals surface area contributed by atoms with E-state index in [1.807, 2.05) is 0 Å². The molecule has 9 rings (SSSR count). The monoisotopic (exact) mass is 764 g/mol. The van der Waals surface area contributed by atoms with Crippen molar-refractivity contribution >= 4 is 11.9 Å². The molecule has 16 heteroatoms. The molecule has 3 aromatic carbocycles. The van der Waals surface area contributed by atoms with Gasteiger partial charge in [-0.05, 0) is 0 Å². The Morgan fingerprint density at radius 1 is 0.382 bits per heavy atom. The van der Waals surface area contributed by atoms with E-state index in [0.717, 1.165) is 0 Å². The molecule has 3 aromatic rings. The van der Waals surface area contributed by atoms with Crippen LogP contribution >= 0.6 is 0 Å². The smallest absolute Gasteiger partial charge is 0.343 e. The first-order valence-corrected chi connectivity index (χ1v) is 17.7. The van der Waals surface area contributed by atoms with Gasteiger partial charge in [0.2, 0.25) is 34.7 Å². The third kappa shape index (κ3) is 5.09. The molecular weight excluding hydrogens is 724 g/mol. The van der Waals surface area contributed by atoms with Gasteiger partial charge in [0.15, 0.2) is 80.1 Å². The zero-order valence-electron chi connectivity index (χ0n) is 32.3. The van der Waals surface area contributed by atoms with Gasteiger partial charge in [0.1, 0.15) is 0 Å². The van der Waals surface area contributed by atoms with Gasteiger partial charge in [-0.25, -0.2) is 9.59 Å². The van der Waals surface area contributed by atoms with Gasteiger partial charge >= 0.3 is 11.9 Å². The lowest BCUT2D eigenvalue weighted by molar-refractivity contribution is -0.0497. The van der Waals surface area contributed by atoms with E-state index < -0.39 is 52.6 Å². The lowest BCUT2D eigenvalue weighted by Crippen LogP contribution is -2.32.